The zero-order valence-corrected chi connectivity index (χ0v) is 10.2. The first-order valence-electron chi connectivity index (χ1n) is 5.45. The average Bonchev–Trinajstić information content (AvgIpc) is 2.36. The third-order valence-electron chi connectivity index (χ3n) is 2.88. The lowest BCUT2D eigenvalue weighted by Gasteiger charge is -2.26. The second kappa shape index (κ2) is 4.10. The molecule has 1 atom stereocenters. The van der Waals surface area contributed by atoms with E-state index in [1.807, 2.05) is 0 Å². The molecule has 2 aliphatic rings. The molecule has 1 aromatic heterocycles. The first kappa shape index (κ1) is 10.7. The molecule has 2 heterocycles. The zero-order chi connectivity index (χ0) is 11.8. The largest absolute Gasteiger partial charge is 0.479 e. The Morgan fingerprint density at radius 3 is 3.12 bits per heavy atom. The highest BCUT2D eigenvalue weighted by atomic mass is 32.2. The Hall–Kier alpha value is -1.43. The molecule has 5 nitrogen and oxygen atoms in total. The third kappa shape index (κ3) is 1.72. The molecule has 17 heavy (non-hydrogen) atoms. The summed E-state index contributed by atoms with van der Waals surface area (Å²) in [6.07, 6.45) is 3.85. The molecule has 0 saturated heterocycles. The highest BCUT2D eigenvalue weighted by molar-refractivity contribution is 8.01. The Balaban J connectivity index is 2.09. The van der Waals surface area contributed by atoms with E-state index < -0.39 is 0 Å². The van der Waals surface area contributed by atoms with Crippen molar-refractivity contribution in [3.63, 3.8) is 0 Å². The number of carbonyl (C=O) groups excluding carboxylic acids is 1. The van der Waals surface area contributed by atoms with Crippen molar-refractivity contribution in [1.29, 1.82) is 0 Å². The lowest BCUT2D eigenvalue weighted by molar-refractivity contribution is -0.118. The molecule has 1 aliphatic carbocycles. The van der Waals surface area contributed by atoms with E-state index in [2.05, 4.69) is 15.0 Å². The first-order valence-corrected chi connectivity index (χ1v) is 6.33. The topological polar surface area (TPSA) is 64.4 Å². The van der Waals surface area contributed by atoms with Gasteiger partial charge in [0.1, 0.15) is 16.6 Å². The van der Waals surface area contributed by atoms with Crippen LogP contribution in [0, 0.1) is 0 Å². The van der Waals surface area contributed by atoms with Crippen LogP contribution in [0.3, 0.4) is 0 Å². The summed E-state index contributed by atoms with van der Waals surface area (Å²) in [6, 6.07) is 0. The van der Waals surface area contributed by atoms with Crippen LogP contribution in [-0.4, -0.2) is 33.8 Å². The van der Waals surface area contributed by atoms with Crippen molar-refractivity contribution >= 4 is 28.9 Å². The predicted molar refractivity (Wildman–Crippen MR) is 64.2 cm³/mol. The number of nitrogens with zero attached hydrogens (tertiary/aromatic N) is 3. The average molecular weight is 249 g/mol. The van der Waals surface area contributed by atoms with Gasteiger partial charge in [0.15, 0.2) is 11.5 Å². The van der Waals surface area contributed by atoms with Crippen molar-refractivity contribution in [2.24, 2.45) is 4.99 Å². The number of ketones is 1. The number of thioether (sulfide) groups is 1. The van der Waals surface area contributed by atoms with Gasteiger partial charge in [0, 0.05) is 12.1 Å². The summed E-state index contributed by atoms with van der Waals surface area (Å²) in [5.74, 6) is 0.731. The van der Waals surface area contributed by atoms with Crippen molar-refractivity contribution in [3.8, 4) is 5.88 Å². The van der Waals surface area contributed by atoms with Gasteiger partial charge in [-0.1, -0.05) is 11.8 Å². The Morgan fingerprint density at radius 1 is 1.41 bits per heavy atom. The summed E-state index contributed by atoms with van der Waals surface area (Å²) in [5, 5.41) is 0.594. The standard InChI is InChI=1S/C11H11N3O2S/c1-16-10-8-11(13-5-12-10)17-9-6(14-8)3-2-4-7(9)15/h5,9H,2-4H2,1H3. The molecule has 88 valence electrons. The quantitative estimate of drug-likeness (QED) is 0.710. The number of ether oxygens (including phenoxy) is 1. The van der Waals surface area contributed by atoms with Crippen LogP contribution >= 0.6 is 11.8 Å². The zero-order valence-electron chi connectivity index (χ0n) is 9.34. The fourth-order valence-electron chi connectivity index (χ4n) is 2.07. The summed E-state index contributed by atoms with van der Waals surface area (Å²) in [6.45, 7) is 0. The monoisotopic (exact) mass is 249 g/mol. The lowest BCUT2D eigenvalue weighted by atomic mass is 9.96. The van der Waals surface area contributed by atoms with E-state index in [1.54, 1.807) is 7.11 Å². The maximum absolute atomic E-state index is 11.8. The fraction of sp³-hybridized carbons (Fsp3) is 0.455. The van der Waals surface area contributed by atoms with Crippen LogP contribution < -0.4 is 4.74 Å². The molecule has 0 aromatic carbocycles. The van der Waals surface area contributed by atoms with Crippen molar-refractivity contribution in [2.45, 2.75) is 29.5 Å². The number of hydrogen-bond donors (Lipinski definition) is 0. The van der Waals surface area contributed by atoms with Crippen LogP contribution in [0.15, 0.2) is 16.3 Å². The molecule has 1 saturated carbocycles. The van der Waals surface area contributed by atoms with E-state index in [0.29, 0.717) is 18.0 Å². The van der Waals surface area contributed by atoms with Crippen molar-refractivity contribution in [2.75, 3.05) is 7.11 Å². The van der Waals surface area contributed by atoms with Crippen LogP contribution in [0.25, 0.3) is 0 Å². The van der Waals surface area contributed by atoms with Gasteiger partial charge in [0.25, 0.3) is 0 Å². The SMILES string of the molecule is COc1ncnc2c1N=C1CCCC(=O)C1S2. The summed E-state index contributed by atoms with van der Waals surface area (Å²) in [7, 11) is 1.56. The number of aromatic nitrogens is 2. The summed E-state index contributed by atoms with van der Waals surface area (Å²) < 4.78 is 5.16. The number of rotatable bonds is 1. The second-order valence-corrected chi connectivity index (χ2v) is 5.05. The smallest absolute Gasteiger partial charge is 0.244 e. The minimum atomic E-state index is -0.143. The normalized spacial score (nSPS) is 22.5. The molecule has 0 spiro atoms. The maximum atomic E-state index is 11.8. The van der Waals surface area contributed by atoms with Gasteiger partial charge >= 0.3 is 0 Å². The number of Topliss-reactive ketones (excluding diaryl/α,β-unsaturated/α-hetero) is 1. The molecule has 1 fully saturated rings. The van der Waals surface area contributed by atoms with Gasteiger partial charge in [-0.25, -0.2) is 9.98 Å². The molecule has 1 unspecified atom stereocenters. The van der Waals surface area contributed by atoms with E-state index in [0.717, 1.165) is 23.6 Å². The van der Waals surface area contributed by atoms with Crippen molar-refractivity contribution in [1.82, 2.24) is 9.97 Å². The van der Waals surface area contributed by atoms with E-state index in [-0.39, 0.29) is 11.0 Å². The van der Waals surface area contributed by atoms with E-state index in [9.17, 15) is 4.79 Å². The molecule has 6 heteroatoms. The van der Waals surface area contributed by atoms with Crippen LogP contribution in [0.4, 0.5) is 5.69 Å². The van der Waals surface area contributed by atoms with Gasteiger partial charge in [-0.3, -0.25) is 4.79 Å². The highest BCUT2D eigenvalue weighted by Crippen LogP contribution is 2.43. The third-order valence-corrected chi connectivity index (χ3v) is 4.18. The second-order valence-electron chi connectivity index (χ2n) is 3.96. The summed E-state index contributed by atoms with van der Waals surface area (Å²) in [4.78, 5) is 24.5. The number of fused-ring (bicyclic) bond motifs is 2. The Labute approximate surface area is 103 Å². The number of methoxy groups -OCH3 is 1. The lowest BCUT2D eigenvalue weighted by Crippen LogP contribution is -2.32. The van der Waals surface area contributed by atoms with Gasteiger partial charge < -0.3 is 4.74 Å². The highest BCUT2D eigenvalue weighted by Gasteiger charge is 2.34. The molecule has 0 amide bonds. The van der Waals surface area contributed by atoms with Crippen LogP contribution in [0.5, 0.6) is 5.88 Å². The molecule has 1 aliphatic heterocycles. The van der Waals surface area contributed by atoms with E-state index in [4.69, 9.17) is 4.74 Å². The maximum Gasteiger partial charge on any atom is 0.244 e. The first-order chi connectivity index (χ1) is 8.29. The summed E-state index contributed by atoms with van der Waals surface area (Å²) in [5.41, 5.74) is 1.60. The molecular weight excluding hydrogens is 238 g/mol. The molecule has 1 aromatic rings. The summed E-state index contributed by atoms with van der Waals surface area (Å²) >= 11 is 1.47. The number of carbonyl (C=O) groups is 1. The van der Waals surface area contributed by atoms with Gasteiger partial charge in [-0.15, -0.1) is 0 Å². The molecular formula is C11H11N3O2S. The number of aliphatic imine (C=N–C) groups is 1. The van der Waals surface area contributed by atoms with E-state index in [1.165, 1.54) is 18.1 Å². The molecule has 0 radical (unpaired) electrons. The predicted octanol–water partition coefficient (Wildman–Crippen LogP) is 1.78. The van der Waals surface area contributed by atoms with Crippen LogP contribution in [0.2, 0.25) is 0 Å². The minimum absolute atomic E-state index is 0.143. The Morgan fingerprint density at radius 2 is 2.29 bits per heavy atom. The van der Waals surface area contributed by atoms with Gasteiger partial charge in [-0.05, 0) is 12.8 Å². The fourth-order valence-corrected chi connectivity index (χ4v) is 3.21. The molecule has 0 bridgehead atoms. The number of hydrogen-bond acceptors (Lipinski definition) is 6. The van der Waals surface area contributed by atoms with Crippen molar-refractivity contribution < 1.29 is 9.53 Å². The van der Waals surface area contributed by atoms with E-state index >= 15 is 0 Å². The van der Waals surface area contributed by atoms with Gasteiger partial charge in [0.2, 0.25) is 5.88 Å². The van der Waals surface area contributed by atoms with Crippen LogP contribution in [0.1, 0.15) is 19.3 Å². The van der Waals surface area contributed by atoms with Crippen LogP contribution in [-0.2, 0) is 4.79 Å². The molecule has 0 N–H and O–H groups in total. The van der Waals surface area contributed by atoms with Crippen molar-refractivity contribution in [3.05, 3.63) is 6.33 Å². The minimum Gasteiger partial charge on any atom is -0.479 e. The van der Waals surface area contributed by atoms with Gasteiger partial charge in [0.05, 0.1) is 7.11 Å². The Bertz CT molecular complexity index is 515. The molecule has 3 rings (SSSR count). The van der Waals surface area contributed by atoms with Gasteiger partial charge in [-0.2, -0.15) is 4.98 Å². The Kier molecular flexibility index (Phi) is 2.58.